The summed E-state index contributed by atoms with van der Waals surface area (Å²) < 4.78 is 11.4. The normalized spacial score (nSPS) is 11.5. The highest BCUT2D eigenvalue weighted by atomic mass is 32.2. The summed E-state index contributed by atoms with van der Waals surface area (Å²) in [4.78, 5) is 17.0. The van der Waals surface area contributed by atoms with Crippen molar-refractivity contribution in [1.82, 2.24) is 0 Å². The molecule has 0 radical (unpaired) electrons. The molecule has 0 fully saturated rings. The van der Waals surface area contributed by atoms with Crippen LogP contribution in [0.4, 0.5) is 0 Å². The monoisotopic (exact) mass is 441 g/mol. The summed E-state index contributed by atoms with van der Waals surface area (Å²) in [5.41, 5.74) is 1.19. The van der Waals surface area contributed by atoms with Crippen LogP contribution in [0.15, 0.2) is 130 Å². The Morgan fingerprint density at radius 2 is 1.00 bits per heavy atom. The average molecular weight is 442 g/mol. The van der Waals surface area contributed by atoms with Gasteiger partial charge in [-0.3, -0.25) is 4.79 Å². The lowest BCUT2D eigenvalue weighted by Crippen LogP contribution is -2.40. The number of ketones is 1. The zero-order valence-corrected chi connectivity index (χ0v) is 18.9. The molecule has 0 spiro atoms. The number of ether oxygens (including phenoxy) is 2. The van der Waals surface area contributed by atoms with E-state index in [1.807, 2.05) is 42.5 Å². The van der Waals surface area contributed by atoms with Gasteiger partial charge in [0.1, 0.15) is 0 Å². The van der Waals surface area contributed by atoms with E-state index in [0.717, 1.165) is 4.90 Å². The standard InChI is InChI=1S/C28H25O3S/c1-30-28(31-2,27(29)22-12-6-3-7-13-22)23-18-20-26(21-19-23)32(24-14-8-4-9-15-24)25-16-10-5-11-17-25/h3-21H,1-2H3/q+1. The van der Waals surface area contributed by atoms with E-state index in [1.54, 1.807) is 12.1 Å². The number of benzene rings is 4. The Morgan fingerprint density at radius 1 is 0.594 bits per heavy atom. The molecule has 0 heterocycles. The van der Waals surface area contributed by atoms with Crippen LogP contribution in [-0.4, -0.2) is 20.0 Å². The summed E-state index contributed by atoms with van der Waals surface area (Å²) in [5, 5.41) is 0. The van der Waals surface area contributed by atoms with E-state index in [1.165, 1.54) is 24.0 Å². The lowest BCUT2D eigenvalue weighted by molar-refractivity contribution is -0.176. The SMILES string of the molecule is COC(OC)(C(=O)c1ccccc1)c1ccc([S+](c2ccccc2)c2ccccc2)cc1. The van der Waals surface area contributed by atoms with E-state index in [2.05, 4.69) is 60.7 Å². The van der Waals surface area contributed by atoms with Gasteiger partial charge in [-0.25, -0.2) is 0 Å². The molecule has 0 saturated carbocycles. The van der Waals surface area contributed by atoms with Gasteiger partial charge >= 0.3 is 0 Å². The fourth-order valence-corrected chi connectivity index (χ4v) is 5.83. The molecule has 0 saturated heterocycles. The Labute approximate surface area is 192 Å². The average Bonchev–Trinajstić information content (AvgIpc) is 2.88. The molecule has 0 amide bonds. The predicted molar refractivity (Wildman–Crippen MR) is 128 cm³/mol. The molecule has 4 aromatic rings. The molecule has 0 unspecified atom stereocenters. The van der Waals surface area contributed by atoms with Gasteiger partial charge in [0, 0.05) is 25.3 Å². The maximum absolute atomic E-state index is 13.3. The lowest BCUT2D eigenvalue weighted by Gasteiger charge is -2.29. The molecule has 160 valence electrons. The maximum Gasteiger partial charge on any atom is 0.260 e. The largest absolute Gasteiger partial charge is 0.343 e. The molecule has 4 rings (SSSR count). The van der Waals surface area contributed by atoms with Gasteiger partial charge in [0.2, 0.25) is 5.78 Å². The Hall–Kier alpha value is -3.18. The van der Waals surface area contributed by atoms with Crippen molar-refractivity contribution in [2.75, 3.05) is 14.2 Å². The molecular weight excluding hydrogens is 416 g/mol. The summed E-state index contributed by atoms with van der Waals surface area (Å²) in [6, 6.07) is 37.9. The topological polar surface area (TPSA) is 35.5 Å². The van der Waals surface area contributed by atoms with Crippen molar-refractivity contribution < 1.29 is 14.3 Å². The molecule has 32 heavy (non-hydrogen) atoms. The van der Waals surface area contributed by atoms with Crippen molar-refractivity contribution in [3.63, 3.8) is 0 Å². The van der Waals surface area contributed by atoms with Crippen LogP contribution in [0.25, 0.3) is 0 Å². The highest BCUT2D eigenvalue weighted by Gasteiger charge is 2.42. The molecule has 0 aliphatic carbocycles. The first-order chi connectivity index (χ1) is 15.7. The van der Waals surface area contributed by atoms with Gasteiger partial charge in [-0.15, -0.1) is 0 Å². The fourth-order valence-electron chi connectivity index (χ4n) is 3.75. The first-order valence-corrected chi connectivity index (χ1v) is 11.6. The molecule has 0 bridgehead atoms. The van der Waals surface area contributed by atoms with E-state index in [0.29, 0.717) is 11.1 Å². The molecule has 0 aliphatic heterocycles. The first-order valence-electron chi connectivity index (χ1n) is 10.3. The summed E-state index contributed by atoms with van der Waals surface area (Å²) in [6.45, 7) is 0. The lowest BCUT2D eigenvalue weighted by atomic mass is 9.96. The van der Waals surface area contributed by atoms with Crippen molar-refractivity contribution in [3.8, 4) is 0 Å². The van der Waals surface area contributed by atoms with E-state index in [9.17, 15) is 4.79 Å². The molecule has 0 aliphatic rings. The van der Waals surface area contributed by atoms with Crippen LogP contribution in [0, 0.1) is 0 Å². The summed E-state index contributed by atoms with van der Waals surface area (Å²) >= 11 is 0. The van der Waals surface area contributed by atoms with Crippen LogP contribution in [0.3, 0.4) is 0 Å². The molecule has 4 aromatic carbocycles. The number of carbonyl (C=O) groups is 1. The van der Waals surface area contributed by atoms with Crippen LogP contribution < -0.4 is 0 Å². The van der Waals surface area contributed by atoms with Crippen LogP contribution in [0.5, 0.6) is 0 Å². The van der Waals surface area contributed by atoms with Gasteiger partial charge in [0.25, 0.3) is 5.79 Å². The zero-order chi connectivity index (χ0) is 22.4. The smallest absolute Gasteiger partial charge is 0.260 e. The van der Waals surface area contributed by atoms with Crippen LogP contribution >= 0.6 is 0 Å². The van der Waals surface area contributed by atoms with Gasteiger partial charge in [-0.2, -0.15) is 0 Å². The predicted octanol–water partition coefficient (Wildman–Crippen LogP) is 6.11. The van der Waals surface area contributed by atoms with Gasteiger partial charge in [0.15, 0.2) is 14.7 Å². The van der Waals surface area contributed by atoms with Crippen molar-refractivity contribution >= 4 is 16.7 Å². The van der Waals surface area contributed by atoms with Crippen molar-refractivity contribution in [2.24, 2.45) is 0 Å². The molecule has 0 aromatic heterocycles. The van der Waals surface area contributed by atoms with Crippen molar-refractivity contribution in [3.05, 3.63) is 126 Å². The van der Waals surface area contributed by atoms with Crippen LogP contribution in [-0.2, 0) is 26.2 Å². The van der Waals surface area contributed by atoms with Crippen LogP contribution in [0.2, 0.25) is 0 Å². The number of hydrogen-bond donors (Lipinski definition) is 0. The Bertz CT molecular complexity index is 1100. The van der Waals surface area contributed by atoms with Crippen molar-refractivity contribution in [2.45, 2.75) is 20.5 Å². The Kier molecular flexibility index (Phi) is 6.86. The molecule has 0 N–H and O–H groups in total. The highest BCUT2D eigenvalue weighted by Crippen LogP contribution is 2.35. The maximum atomic E-state index is 13.3. The van der Waals surface area contributed by atoms with E-state index in [4.69, 9.17) is 9.47 Å². The van der Waals surface area contributed by atoms with Gasteiger partial charge in [-0.1, -0.05) is 66.7 Å². The first kappa shape index (κ1) is 22.0. The minimum absolute atomic E-state index is 0.235. The molecule has 3 nitrogen and oxygen atoms in total. The molecule has 4 heteroatoms. The van der Waals surface area contributed by atoms with E-state index in [-0.39, 0.29) is 16.7 Å². The van der Waals surface area contributed by atoms with E-state index < -0.39 is 5.79 Å². The van der Waals surface area contributed by atoms with E-state index >= 15 is 0 Å². The minimum Gasteiger partial charge on any atom is -0.343 e. The zero-order valence-electron chi connectivity index (χ0n) is 18.1. The minimum atomic E-state index is -1.50. The second-order valence-electron chi connectivity index (χ2n) is 7.18. The van der Waals surface area contributed by atoms with Gasteiger partial charge in [-0.05, 0) is 48.5 Å². The van der Waals surface area contributed by atoms with Crippen LogP contribution in [0.1, 0.15) is 15.9 Å². The second kappa shape index (κ2) is 9.96. The third kappa shape index (κ3) is 4.26. The summed E-state index contributed by atoms with van der Waals surface area (Å²) in [5.74, 6) is -1.74. The number of carbonyl (C=O) groups excluding carboxylic acids is 1. The van der Waals surface area contributed by atoms with Gasteiger partial charge in [0.05, 0.1) is 10.9 Å². The quantitative estimate of drug-likeness (QED) is 0.188. The number of rotatable bonds is 8. The summed E-state index contributed by atoms with van der Waals surface area (Å²) in [6.07, 6.45) is 0. The fraction of sp³-hybridized carbons (Fsp3) is 0.107. The number of Topliss-reactive ketones (excluding diaryl/α,β-unsaturated/α-hetero) is 1. The number of methoxy groups -OCH3 is 2. The molecule has 0 atom stereocenters. The summed E-state index contributed by atoms with van der Waals surface area (Å²) in [7, 11) is 2.73. The Morgan fingerprint density at radius 3 is 1.44 bits per heavy atom. The van der Waals surface area contributed by atoms with Crippen molar-refractivity contribution in [1.29, 1.82) is 0 Å². The number of hydrogen-bond acceptors (Lipinski definition) is 3. The third-order valence-electron chi connectivity index (χ3n) is 5.34. The Balaban J connectivity index is 1.75. The second-order valence-corrected chi connectivity index (χ2v) is 9.20. The third-order valence-corrected chi connectivity index (χ3v) is 7.57. The van der Waals surface area contributed by atoms with Gasteiger partial charge < -0.3 is 9.47 Å². The molecular formula is C28H25O3S+. The highest BCUT2D eigenvalue weighted by molar-refractivity contribution is 7.97.